The molecule has 0 radical (unpaired) electrons. The van der Waals surface area contributed by atoms with Gasteiger partial charge in [0.1, 0.15) is 34.0 Å². The van der Waals surface area contributed by atoms with Gasteiger partial charge in [0, 0.05) is 23.1 Å². The fourth-order valence-corrected chi connectivity index (χ4v) is 2.84. The fraction of sp³-hybridized carbons (Fsp3) is 0.133. The maximum absolute atomic E-state index is 13.7. The molecule has 0 amide bonds. The van der Waals surface area contributed by atoms with Gasteiger partial charge in [-0.15, -0.1) is 0 Å². The molecular weight excluding hydrogens is 305 g/mol. The van der Waals surface area contributed by atoms with E-state index in [2.05, 4.69) is 0 Å². The van der Waals surface area contributed by atoms with Gasteiger partial charge < -0.3 is 16.2 Å². The second-order valence-corrected chi connectivity index (χ2v) is 5.83. The van der Waals surface area contributed by atoms with Crippen molar-refractivity contribution in [1.82, 2.24) is 0 Å². The molecular formula is C15H16FN3O2S. The highest BCUT2D eigenvalue weighted by Gasteiger charge is 2.19. The van der Waals surface area contributed by atoms with E-state index in [1.807, 2.05) is 0 Å². The Morgan fingerprint density at radius 3 is 2.59 bits per heavy atom. The Morgan fingerprint density at radius 1 is 1.27 bits per heavy atom. The first-order valence-corrected chi connectivity index (χ1v) is 7.67. The van der Waals surface area contributed by atoms with Crippen molar-refractivity contribution in [1.29, 1.82) is 5.41 Å². The Bertz CT molecular complexity index is 707. The average molecular weight is 321 g/mol. The van der Waals surface area contributed by atoms with Gasteiger partial charge in [0.2, 0.25) is 0 Å². The molecule has 2 rings (SSSR count). The molecule has 0 saturated carbocycles. The largest absolute Gasteiger partial charge is 0.490 e. The summed E-state index contributed by atoms with van der Waals surface area (Å²) in [7, 11) is -1.76. The number of halogens is 1. The van der Waals surface area contributed by atoms with Crippen LogP contribution in [0, 0.1) is 11.2 Å². The van der Waals surface area contributed by atoms with E-state index < -0.39 is 16.6 Å². The van der Waals surface area contributed by atoms with Gasteiger partial charge in [-0.25, -0.2) is 8.60 Å². The number of rotatable bonds is 5. The van der Waals surface area contributed by atoms with Gasteiger partial charge in [0.15, 0.2) is 0 Å². The van der Waals surface area contributed by atoms with Gasteiger partial charge in [-0.1, -0.05) is 18.2 Å². The molecule has 2 aromatic rings. The fourth-order valence-electron chi connectivity index (χ4n) is 1.83. The molecule has 0 bridgehead atoms. The Labute approximate surface area is 130 Å². The van der Waals surface area contributed by atoms with E-state index in [9.17, 15) is 8.60 Å². The van der Waals surface area contributed by atoms with Crippen LogP contribution in [0.1, 0.15) is 5.56 Å². The van der Waals surface area contributed by atoms with E-state index in [-0.39, 0.29) is 35.2 Å². The molecule has 1 atom stereocenters. The average Bonchev–Trinajstić information content (AvgIpc) is 2.54. The zero-order valence-corrected chi connectivity index (χ0v) is 12.5. The van der Waals surface area contributed by atoms with Gasteiger partial charge in [0.25, 0.3) is 0 Å². The molecule has 0 fully saturated rings. The highest BCUT2D eigenvalue weighted by atomic mass is 32.2. The third-order valence-corrected chi connectivity index (χ3v) is 4.16. The lowest BCUT2D eigenvalue weighted by Gasteiger charge is -2.13. The lowest BCUT2D eigenvalue weighted by Crippen LogP contribution is -2.15. The van der Waals surface area contributed by atoms with E-state index in [1.165, 1.54) is 0 Å². The highest BCUT2D eigenvalue weighted by Crippen LogP contribution is 2.29. The van der Waals surface area contributed by atoms with Crippen LogP contribution in [0.2, 0.25) is 0 Å². The molecule has 0 aliphatic carbocycles. The maximum Gasteiger partial charge on any atom is 0.145 e. The van der Waals surface area contributed by atoms with Crippen LogP contribution < -0.4 is 16.2 Å². The summed E-state index contributed by atoms with van der Waals surface area (Å²) >= 11 is 0. The van der Waals surface area contributed by atoms with E-state index in [0.29, 0.717) is 4.90 Å². The van der Waals surface area contributed by atoms with Crippen LogP contribution in [0.25, 0.3) is 0 Å². The van der Waals surface area contributed by atoms with Crippen molar-refractivity contribution in [3.05, 3.63) is 53.8 Å². The molecule has 2 aromatic carbocycles. The highest BCUT2D eigenvalue weighted by molar-refractivity contribution is 8.01. The Balaban J connectivity index is 2.37. The summed E-state index contributed by atoms with van der Waals surface area (Å²) < 4.78 is 31.3. The number of ether oxygens (including phenoxy) is 1. The lowest BCUT2D eigenvalue weighted by atomic mass is 10.1. The molecule has 5 N–H and O–H groups in total. The number of nitrogen functional groups attached to an aromatic ring is 1. The molecule has 0 aromatic heterocycles. The first kappa shape index (κ1) is 16.1. The van der Waals surface area contributed by atoms with Crippen LogP contribution in [0.3, 0.4) is 0 Å². The van der Waals surface area contributed by atoms with Crippen LogP contribution in [-0.4, -0.2) is 22.4 Å². The summed E-state index contributed by atoms with van der Waals surface area (Å²) in [6, 6.07) is 10.7. The molecule has 0 saturated heterocycles. The molecule has 0 heterocycles. The van der Waals surface area contributed by atoms with Gasteiger partial charge in [-0.05, 0) is 18.2 Å². The third-order valence-electron chi connectivity index (χ3n) is 2.87. The van der Waals surface area contributed by atoms with Crippen molar-refractivity contribution < 1.29 is 13.3 Å². The van der Waals surface area contributed by atoms with Crippen LogP contribution in [0.15, 0.2) is 47.4 Å². The van der Waals surface area contributed by atoms with Crippen LogP contribution in [0.4, 0.5) is 10.1 Å². The molecule has 7 heteroatoms. The van der Waals surface area contributed by atoms with E-state index in [4.69, 9.17) is 21.6 Å². The molecule has 22 heavy (non-hydrogen) atoms. The van der Waals surface area contributed by atoms with E-state index in [0.717, 1.165) is 12.1 Å². The quantitative estimate of drug-likeness (QED) is 0.444. The smallest absolute Gasteiger partial charge is 0.145 e. The number of anilines is 1. The summed E-state index contributed by atoms with van der Waals surface area (Å²) in [5, 5.41) is 7.78. The Kier molecular flexibility index (Phi) is 5.24. The molecule has 5 nitrogen and oxygen atoms in total. The lowest BCUT2D eigenvalue weighted by molar-refractivity contribution is 0.328. The molecule has 0 aliphatic heterocycles. The summed E-state index contributed by atoms with van der Waals surface area (Å²) in [5.74, 6) is -0.527. The van der Waals surface area contributed by atoms with Crippen molar-refractivity contribution in [3.8, 4) is 5.75 Å². The monoisotopic (exact) mass is 321 g/mol. The summed E-state index contributed by atoms with van der Waals surface area (Å²) in [5.41, 5.74) is 11.4. The van der Waals surface area contributed by atoms with Crippen molar-refractivity contribution in [3.63, 3.8) is 0 Å². The van der Waals surface area contributed by atoms with Crippen molar-refractivity contribution in [2.75, 3.05) is 18.9 Å². The van der Waals surface area contributed by atoms with Crippen molar-refractivity contribution >= 4 is 21.5 Å². The normalized spacial score (nSPS) is 11.9. The van der Waals surface area contributed by atoms with Gasteiger partial charge in [-0.2, -0.15) is 0 Å². The van der Waals surface area contributed by atoms with Crippen LogP contribution in [-0.2, 0) is 10.8 Å². The Hall–Kier alpha value is -2.25. The summed E-state index contributed by atoms with van der Waals surface area (Å²) in [4.78, 5) is 0.445. The minimum absolute atomic E-state index is 0.0502. The number of hydrogen-bond donors (Lipinski definition) is 3. The van der Waals surface area contributed by atoms with Gasteiger partial charge in [0.05, 0.1) is 5.69 Å². The molecule has 116 valence electrons. The standard InChI is InChI=1S/C15H16FN3O2S/c16-10-8-12(14(18)13(9-10)21-7-6-17)15(19)22(20)11-4-2-1-3-5-11/h1-5,8-9,19H,6-7,17-18H2. The molecule has 0 aliphatic rings. The second kappa shape index (κ2) is 7.15. The van der Waals surface area contributed by atoms with E-state index in [1.54, 1.807) is 30.3 Å². The first-order chi connectivity index (χ1) is 10.5. The van der Waals surface area contributed by atoms with Crippen molar-refractivity contribution in [2.45, 2.75) is 4.90 Å². The zero-order valence-electron chi connectivity index (χ0n) is 11.7. The predicted molar refractivity (Wildman–Crippen MR) is 85.0 cm³/mol. The number of benzene rings is 2. The minimum atomic E-state index is -1.76. The third kappa shape index (κ3) is 3.49. The number of nitrogens with two attached hydrogens (primary N) is 2. The molecule has 0 spiro atoms. The molecule has 1 unspecified atom stereocenters. The topological polar surface area (TPSA) is 102 Å². The number of nitrogens with one attached hydrogen (secondary N) is 1. The zero-order chi connectivity index (χ0) is 16.1. The van der Waals surface area contributed by atoms with Crippen LogP contribution >= 0.6 is 0 Å². The SMILES string of the molecule is N=C(c1cc(F)cc(OCCN)c1N)S(=O)c1ccccc1. The Morgan fingerprint density at radius 2 is 1.95 bits per heavy atom. The predicted octanol–water partition coefficient (Wildman–Crippen LogP) is 1.88. The summed E-state index contributed by atoms with van der Waals surface area (Å²) in [6.45, 7) is 0.418. The number of hydrogen-bond acceptors (Lipinski definition) is 5. The summed E-state index contributed by atoms with van der Waals surface area (Å²) in [6.07, 6.45) is 0. The maximum atomic E-state index is 13.7. The van der Waals surface area contributed by atoms with Crippen LogP contribution in [0.5, 0.6) is 5.75 Å². The van der Waals surface area contributed by atoms with Crippen molar-refractivity contribution in [2.24, 2.45) is 5.73 Å². The minimum Gasteiger partial charge on any atom is -0.490 e. The van der Waals surface area contributed by atoms with E-state index >= 15 is 0 Å². The van der Waals surface area contributed by atoms with Gasteiger partial charge >= 0.3 is 0 Å². The second-order valence-electron chi connectivity index (χ2n) is 4.41. The van der Waals surface area contributed by atoms with Gasteiger partial charge in [-0.3, -0.25) is 5.41 Å². The first-order valence-electron chi connectivity index (χ1n) is 6.52.